The van der Waals surface area contributed by atoms with Crippen LogP contribution >= 0.6 is 0 Å². The fourth-order valence-electron chi connectivity index (χ4n) is 3.46. The van der Waals surface area contributed by atoms with Crippen LogP contribution in [0, 0.1) is 5.92 Å². The molecule has 2 N–H and O–H groups in total. The number of likely N-dealkylation sites (tertiary alicyclic amines) is 1. The maximum atomic E-state index is 13.3. The van der Waals surface area contributed by atoms with E-state index in [1.807, 2.05) is 4.90 Å². The van der Waals surface area contributed by atoms with E-state index in [0.29, 0.717) is 31.9 Å². The van der Waals surface area contributed by atoms with Crippen molar-refractivity contribution in [2.75, 3.05) is 19.7 Å². The Morgan fingerprint density at radius 2 is 1.89 bits per heavy atom. The number of nitrogens with zero attached hydrogens (tertiary/aromatic N) is 1. The number of hydroxylamine groups is 1. The number of piperidine rings is 1. The van der Waals surface area contributed by atoms with Crippen molar-refractivity contribution in [2.24, 2.45) is 5.92 Å². The van der Waals surface area contributed by atoms with E-state index in [4.69, 9.17) is 9.94 Å². The van der Waals surface area contributed by atoms with Gasteiger partial charge in [0.1, 0.15) is 11.1 Å². The smallest absolute Gasteiger partial charge is 0.246 e. The highest BCUT2D eigenvalue weighted by Crippen LogP contribution is 2.31. The Bertz CT molecular complexity index is 721. The predicted octanol–water partition coefficient (Wildman–Crippen LogP) is 2.98. The van der Waals surface area contributed by atoms with Crippen molar-refractivity contribution < 1.29 is 23.2 Å². The molecule has 0 spiro atoms. The molecular formula is C20H32N2O5S. The summed E-state index contributed by atoms with van der Waals surface area (Å²) >= 11 is 0. The lowest BCUT2D eigenvalue weighted by Crippen LogP contribution is -2.50. The molecule has 1 saturated heterocycles. The van der Waals surface area contributed by atoms with Crippen LogP contribution in [0.25, 0.3) is 0 Å². The van der Waals surface area contributed by atoms with Gasteiger partial charge >= 0.3 is 0 Å². The molecule has 0 saturated carbocycles. The number of benzene rings is 1. The largest absolute Gasteiger partial charge is 0.494 e. The van der Waals surface area contributed by atoms with Crippen LogP contribution in [0.3, 0.4) is 0 Å². The monoisotopic (exact) mass is 412 g/mol. The maximum Gasteiger partial charge on any atom is 0.246 e. The van der Waals surface area contributed by atoms with E-state index >= 15 is 0 Å². The number of carbonyl (C=O) groups excluding carboxylic acids is 1. The lowest BCUT2D eigenvalue weighted by Gasteiger charge is -2.38. The van der Waals surface area contributed by atoms with Crippen LogP contribution < -0.4 is 10.2 Å². The number of ether oxygens (including phenoxy) is 1. The molecule has 1 aromatic carbocycles. The van der Waals surface area contributed by atoms with E-state index in [-0.39, 0.29) is 11.3 Å². The van der Waals surface area contributed by atoms with Crippen LogP contribution in [0.15, 0.2) is 29.2 Å². The first-order valence-electron chi connectivity index (χ1n) is 10.1. The molecule has 158 valence electrons. The third kappa shape index (κ3) is 5.68. The summed E-state index contributed by atoms with van der Waals surface area (Å²) in [5.41, 5.74) is 1.67. The second-order valence-electron chi connectivity index (χ2n) is 7.26. The van der Waals surface area contributed by atoms with Crippen molar-refractivity contribution in [3.8, 4) is 5.75 Å². The van der Waals surface area contributed by atoms with E-state index in [2.05, 4.69) is 13.8 Å². The zero-order chi connectivity index (χ0) is 20.6. The van der Waals surface area contributed by atoms with Gasteiger partial charge in [-0.1, -0.05) is 26.7 Å². The van der Waals surface area contributed by atoms with Crippen LogP contribution in [0.2, 0.25) is 0 Å². The summed E-state index contributed by atoms with van der Waals surface area (Å²) < 4.78 is 32.2. The summed E-state index contributed by atoms with van der Waals surface area (Å²) in [5, 5.41) is 8.17. The molecule has 1 aliphatic rings. The van der Waals surface area contributed by atoms with Gasteiger partial charge in [-0.2, -0.15) is 0 Å². The Morgan fingerprint density at radius 3 is 2.50 bits per heavy atom. The van der Waals surface area contributed by atoms with Crippen LogP contribution in [0.4, 0.5) is 0 Å². The molecule has 1 aliphatic heterocycles. The number of hydrogen-bond donors (Lipinski definition) is 2. The highest BCUT2D eigenvalue weighted by atomic mass is 32.2. The molecule has 2 rings (SSSR count). The summed E-state index contributed by atoms with van der Waals surface area (Å²) in [7, 11) is -3.65. The van der Waals surface area contributed by atoms with Gasteiger partial charge in [-0.25, -0.2) is 13.9 Å². The third-order valence-electron chi connectivity index (χ3n) is 5.22. The van der Waals surface area contributed by atoms with Gasteiger partial charge in [-0.15, -0.1) is 0 Å². The van der Waals surface area contributed by atoms with Crippen molar-refractivity contribution in [2.45, 2.75) is 62.6 Å². The molecule has 1 amide bonds. The van der Waals surface area contributed by atoms with Crippen molar-refractivity contribution in [1.29, 1.82) is 0 Å². The molecule has 0 aliphatic carbocycles. The van der Waals surface area contributed by atoms with Crippen LogP contribution in [-0.4, -0.2) is 49.5 Å². The third-order valence-corrected chi connectivity index (χ3v) is 7.35. The number of rotatable bonds is 10. The first kappa shape index (κ1) is 22.6. The summed E-state index contributed by atoms with van der Waals surface area (Å²) in [6, 6.07) is 6.51. The minimum atomic E-state index is -3.65. The topological polar surface area (TPSA) is 95.9 Å². The number of hydrogen-bond acceptors (Lipinski definition) is 6. The predicted molar refractivity (Wildman–Crippen MR) is 107 cm³/mol. The molecule has 0 radical (unpaired) electrons. The molecule has 0 aromatic heterocycles. The highest BCUT2D eigenvalue weighted by Gasteiger charge is 2.40. The van der Waals surface area contributed by atoms with E-state index in [0.717, 1.165) is 25.7 Å². The first-order valence-corrected chi connectivity index (χ1v) is 11.6. The van der Waals surface area contributed by atoms with Gasteiger partial charge in [0.25, 0.3) is 0 Å². The Kier molecular flexibility index (Phi) is 8.72. The van der Waals surface area contributed by atoms with Gasteiger partial charge in [0.05, 0.1) is 11.5 Å². The number of amides is 1. The number of carbonyl (C=O) groups is 1. The van der Waals surface area contributed by atoms with E-state index in [1.54, 1.807) is 29.7 Å². The fraction of sp³-hybridized carbons (Fsp3) is 0.650. The molecule has 7 nitrogen and oxygen atoms in total. The Morgan fingerprint density at radius 1 is 1.21 bits per heavy atom. The number of sulfone groups is 1. The second-order valence-corrected chi connectivity index (χ2v) is 9.37. The molecule has 2 atom stereocenters. The molecule has 0 bridgehead atoms. The minimum absolute atomic E-state index is 0.174. The first-order chi connectivity index (χ1) is 13.4. The Balaban J connectivity index is 2.20. The minimum Gasteiger partial charge on any atom is -0.494 e. The SMILES string of the molecule is CCCCOc1ccc(S(=O)(=O)C2CC(C(=O)NO)CCN2CCCC)cc1. The zero-order valence-corrected chi connectivity index (χ0v) is 17.6. The number of nitrogens with one attached hydrogen (secondary N) is 1. The normalized spacial score (nSPS) is 20.7. The van der Waals surface area contributed by atoms with E-state index in [1.165, 1.54) is 0 Å². The zero-order valence-electron chi connectivity index (χ0n) is 16.8. The average molecular weight is 413 g/mol. The Labute approximate surface area is 167 Å². The van der Waals surface area contributed by atoms with E-state index in [9.17, 15) is 13.2 Å². The van der Waals surface area contributed by atoms with Crippen LogP contribution in [0.1, 0.15) is 52.4 Å². The molecule has 1 fully saturated rings. The van der Waals surface area contributed by atoms with Crippen molar-refractivity contribution in [1.82, 2.24) is 10.4 Å². The van der Waals surface area contributed by atoms with Crippen molar-refractivity contribution in [3.05, 3.63) is 24.3 Å². The second kappa shape index (κ2) is 10.8. The molecule has 28 heavy (non-hydrogen) atoms. The van der Waals surface area contributed by atoms with Gasteiger partial charge in [-0.3, -0.25) is 14.9 Å². The molecular weight excluding hydrogens is 380 g/mol. The van der Waals surface area contributed by atoms with Gasteiger partial charge in [-0.05, 0) is 56.5 Å². The maximum absolute atomic E-state index is 13.3. The summed E-state index contributed by atoms with van der Waals surface area (Å²) in [5.74, 6) is -0.384. The van der Waals surface area contributed by atoms with Crippen molar-refractivity contribution >= 4 is 15.7 Å². The highest BCUT2D eigenvalue weighted by molar-refractivity contribution is 7.92. The average Bonchev–Trinajstić information content (AvgIpc) is 2.72. The summed E-state index contributed by atoms with van der Waals surface area (Å²) in [6.45, 7) is 5.94. The Hall–Kier alpha value is -1.64. The number of unbranched alkanes of at least 4 members (excludes halogenated alkanes) is 2. The standard InChI is InChI=1S/C20H32N2O5S/c1-3-5-12-22-13-11-16(20(23)21-24)15-19(22)28(25,26)18-9-7-17(8-10-18)27-14-6-4-2/h7-10,16,19,24H,3-6,11-15H2,1-2H3,(H,21,23). The summed E-state index contributed by atoms with van der Waals surface area (Å²) in [4.78, 5) is 14.1. The van der Waals surface area contributed by atoms with Gasteiger partial charge < -0.3 is 4.74 Å². The molecule has 1 aromatic rings. The van der Waals surface area contributed by atoms with Crippen LogP contribution in [0.5, 0.6) is 5.75 Å². The van der Waals surface area contributed by atoms with Crippen molar-refractivity contribution in [3.63, 3.8) is 0 Å². The lowest BCUT2D eigenvalue weighted by molar-refractivity contribution is -0.135. The molecule has 1 heterocycles. The van der Waals surface area contributed by atoms with Gasteiger partial charge in [0.15, 0.2) is 9.84 Å². The molecule has 8 heteroatoms. The van der Waals surface area contributed by atoms with E-state index < -0.39 is 27.0 Å². The van der Waals surface area contributed by atoms with Gasteiger partial charge in [0, 0.05) is 12.5 Å². The quantitative estimate of drug-likeness (QED) is 0.348. The summed E-state index contributed by atoms with van der Waals surface area (Å²) in [6.07, 6.45) is 4.55. The van der Waals surface area contributed by atoms with Crippen LogP contribution in [-0.2, 0) is 14.6 Å². The fourth-order valence-corrected chi connectivity index (χ4v) is 5.38. The van der Waals surface area contributed by atoms with Gasteiger partial charge in [0.2, 0.25) is 5.91 Å². The molecule has 2 unspecified atom stereocenters. The lowest BCUT2D eigenvalue weighted by atomic mass is 9.96.